The zero-order chi connectivity index (χ0) is 25.1. The van der Waals surface area contributed by atoms with Gasteiger partial charge in [0.05, 0.1) is 31.9 Å². The largest absolute Gasteiger partial charge is 0.496 e. The number of carbonyl (C=O) groups excluding carboxylic acids is 4. The summed E-state index contributed by atoms with van der Waals surface area (Å²) in [6, 6.07) is 14.7. The van der Waals surface area contributed by atoms with E-state index in [-0.39, 0.29) is 29.2 Å². The molecule has 1 aliphatic rings. The van der Waals surface area contributed by atoms with E-state index < -0.39 is 36.0 Å². The lowest BCUT2D eigenvalue weighted by Gasteiger charge is -2.16. The number of amides is 2. The number of esters is 1. The Morgan fingerprint density at radius 3 is 2.09 bits per heavy atom. The summed E-state index contributed by atoms with van der Waals surface area (Å²) >= 11 is 0. The number of hydrogen-bond donors (Lipinski definition) is 0. The van der Waals surface area contributed by atoms with Crippen molar-refractivity contribution < 1.29 is 37.8 Å². The first-order valence-electron chi connectivity index (χ1n) is 10.5. The van der Waals surface area contributed by atoms with E-state index in [1.165, 1.54) is 38.5 Å². The molecule has 35 heavy (non-hydrogen) atoms. The Kier molecular flexibility index (Phi) is 6.59. The summed E-state index contributed by atoms with van der Waals surface area (Å²) in [5.74, 6) is -2.87. The minimum absolute atomic E-state index is 0.00956. The van der Waals surface area contributed by atoms with E-state index >= 15 is 0 Å². The maximum Gasteiger partial charge on any atom is 0.342 e. The number of carbonyl (C=O) groups is 4. The molecule has 0 spiro atoms. The first kappa shape index (κ1) is 23.6. The molecule has 0 bridgehead atoms. The van der Waals surface area contributed by atoms with Gasteiger partial charge in [-0.25, -0.2) is 9.18 Å². The van der Waals surface area contributed by atoms with Crippen molar-refractivity contribution in [2.45, 2.75) is 6.54 Å². The molecular formula is C26H20FNO7. The first-order valence-corrected chi connectivity index (χ1v) is 10.5. The molecule has 0 atom stereocenters. The van der Waals surface area contributed by atoms with Crippen molar-refractivity contribution in [3.05, 3.63) is 94.3 Å². The summed E-state index contributed by atoms with van der Waals surface area (Å²) in [5.41, 5.74) is 1.15. The van der Waals surface area contributed by atoms with Crippen molar-refractivity contribution in [1.29, 1.82) is 0 Å². The van der Waals surface area contributed by atoms with E-state index in [1.54, 1.807) is 30.3 Å². The van der Waals surface area contributed by atoms with Gasteiger partial charge in [-0.05, 0) is 48.0 Å². The highest BCUT2D eigenvalue weighted by atomic mass is 19.1. The van der Waals surface area contributed by atoms with Crippen LogP contribution in [0.2, 0.25) is 0 Å². The highest BCUT2D eigenvalue weighted by molar-refractivity contribution is 6.21. The Morgan fingerprint density at radius 1 is 0.857 bits per heavy atom. The number of imide groups is 1. The number of halogens is 1. The molecule has 0 unspecified atom stereocenters. The summed E-state index contributed by atoms with van der Waals surface area (Å²) in [6.07, 6.45) is 0. The lowest BCUT2D eigenvalue weighted by atomic mass is 10.1. The minimum atomic E-state index is -0.853. The van der Waals surface area contributed by atoms with Gasteiger partial charge < -0.3 is 14.2 Å². The average molecular weight is 477 g/mol. The van der Waals surface area contributed by atoms with Crippen LogP contribution >= 0.6 is 0 Å². The van der Waals surface area contributed by atoms with Crippen LogP contribution in [0, 0.1) is 5.82 Å². The molecule has 1 aliphatic heterocycles. The molecule has 9 heteroatoms. The molecule has 8 nitrogen and oxygen atoms in total. The predicted molar refractivity (Wildman–Crippen MR) is 121 cm³/mol. The van der Waals surface area contributed by atoms with Crippen molar-refractivity contribution in [2.75, 3.05) is 20.8 Å². The van der Waals surface area contributed by atoms with Crippen molar-refractivity contribution in [1.82, 2.24) is 4.90 Å². The SMILES string of the molecule is COc1ccc(C(=O)COC(=O)c2cc(CN3C(=O)c4ccccc4C3=O)ccc2OC)cc1F. The van der Waals surface area contributed by atoms with Crippen molar-refractivity contribution in [2.24, 2.45) is 0 Å². The van der Waals surface area contributed by atoms with Gasteiger partial charge in [0.25, 0.3) is 11.8 Å². The van der Waals surface area contributed by atoms with Gasteiger partial charge in [-0.3, -0.25) is 19.3 Å². The number of benzene rings is 3. The van der Waals surface area contributed by atoms with Crippen molar-refractivity contribution in [3.63, 3.8) is 0 Å². The smallest absolute Gasteiger partial charge is 0.342 e. The molecule has 1 heterocycles. The van der Waals surface area contributed by atoms with Gasteiger partial charge in [-0.1, -0.05) is 18.2 Å². The number of ether oxygens (including phenoxy) is 3. The summed E-state index contributed by atoms with van der Waals surface area (Å²) in [6.45, 7) is -0.697. The molecule has 178 valence electrons. The quantitative estimate of drug-likeness (QED) is 0.277. The molecule has 0 saturated heterocycles. The third kappa shape index (κ3) is 4.61. The van der Waals surface area contributed by atoms with Gasteiger partial charge in [0, 0.05) is 5.56 Å². The Hall–Kier alpha value is -4.53. The maximum atomic E-state index is 13.9. The molecule has 0 saturated carbocycles. The normalized spacial score (nSPS) is 12.4. The fourth-order valence-corrected chi connectivity index (χ4v) is 3.71. The van der Waals surface area contributed by atoms with Crippen LogP contribution in [0.3, 0.4) is 0 Å². The number of methoxy groups -OCH3 is 2. The molecule has 0 aromatic heterocycles. The van der Waals surface area contributed by atoms with Gasteiger partial charge in [0.1, 0.15) is 11.3 Å². The third-order valence-corrected chi connectivity index (χ3v) is 5.51. The Balaban J connectivity index is 1.48. The standard InChI is InChI=1S/C26H20FNO7/c1-33-22-9-7-15(13-28-24(30)17-5-3-4-6-18(17)25(28)31)11-19(22)26(32)35-14-21(29)16-8-10-23(34-2)20(27)12-16/h3-12H,13-14H2,1-2H3. The Bertz CT molecular complexity index is 1320. The molecule has 0 radical (unpaired) electrons. The number of fused-ring (bicyclic) bond motifs is 1. The maximum absolute atomic E-state index is 13.9. The molecular weight excluding hydrogens is 457 g/mol. The summed E-state index contributed by atoms with van der Waals surface area (Å²) in [7, 11) is 2.67. The van der Waals surface area contributed by atoms with E-state index in [1.807, 2.05) is 0 Å². The molecule has 4 rings (SSSR count). The van der Waals surface area contributed by atoms with Crippen LogP contribution in [0.1, 0.15) is 47.0 Å². The third-order valence-electron chi connectivity index (χ3n) is 5.51. The number of Topliss-reactive ketones (excluding diaryl/α,β-unsaturated/α-hetero) is 1. The monoisotopic (exact) mass is 477 g/mol. The number of hydrogen-bond acceptors (Lipinski definition) is 7. The van der Waals surface area contributed by atoms with Crippen LogP contribution in [-0.4, -0.2) is 49.3 Å². The van der Waals surface area contributed by atoms with Crippen LogP contribution in [0.25, 0.3) is 0 Å². The van der Waals surface area contributed by atoms with Gasteiger partial charge >= 0.3 is 5.97 Å². The molecule has 2 amide bonds. The van der Waals surface area contributed by atoms with Gasteiger partial charge in [0.15, 0.2) is 24.0 Å². The second kappa shape index (κ2) is 9.76. The lowest BCUT2D eigenvalue weighted by molar-refractivity contribution is 0.0471. The van der Waals surface area contributed by atoms with Gasteiger partial charge in [-0.15, -0.1) is 0 Å². The van der Waals surface area contributed by atoms with E-state index in [9.17, 15) is 23.6 Å². The highest BCUT2D eigenvalue weighted by Crippen LogP contribution is 2.27. The van der Waals surface area contributed by atoms with E-state index in [2.05, 4.69) is 0 Å². The van der Waals surface area contributed by atoms with Crippen LogP contribution < -0.4 is 9.47 Å². The van der Waals surface area contributed by atoms with E-state index in [0.29, 0.717) is 16.7 Å². The second-order valence-corrected chi connectivity index (χ2v) is 7.63. The highest BCUT2D eigenvalue weighted by Gasteiger charge is 2.35. The average Bonchev–Trinajstić information content (AvgIpc) is 3.11. The van der Waals surface area contributed by atoms with E-state index in [0.717, 1.165) is 11.0 Å². The van der Waals surface area contributed by atoms with Crippen LogP contribution in [0.4, 0.5) is 4.39 Å². The fraction of sp³-hybridized carbons (Fsp3) is 0.154. The molecule has 0 aliphatic carbocycles. The van der Waals surface area contributed by atoms with Crippen LogP contribution in [0.5, 0.6) is 11.5 Å². The molecule has 0 fully saturated rings. The predicted octanol–water partition coefficient (Wildman–Crippen LogP) is 3.68. The number of rotatable bonds is 8. The molecule has 3 aromatic carbocycles. The number of ketones is 1. The number of nitrogens with zero attached hydrogens (tertiary/aromatic N) is 1. The van der Waals surface area contributed by atoms with Gasteiger partial charge in [0.2, 0.25) is 0 Å². The van der Waals surface area contributed by atoms with E-state index in [4.69, 9.17) is 14.2 Å². The van der Waals surface area contributed by atoms with Crippen molar-refractivity contribution in [3.8, 4) is 11.5 Å². The van der Waals surface area contributed by atoms with Crippen LogP contribution in [0.15, 0.2) is 60.7 Å². The van der Waals surface area contributed by atoms with Crippen molar-refractivity contribution >= 4 is 23.6 Å². The fourth-order valence-electron chi connectivity index (χ4n) is 3.71. The lowest BCUT2D eigenvalue weighted by Crippen LogP contribution is -2.29. The summed E-state index contributed by atoms with van der Waals surface area (Å²) in [4.78, 5) is 51.5. The zero-order valence-corrected chi connectivity index (χ0v) is 18.9. The van der Waals surface area contributed by atoms with Gasteiger partial charge in [-0.2, -0.15) is 0 Å². The minimum Gasteiger partial charge on any atom is -0.496 e. The second-order valence-electron chi connectivity index (χ2n) is 7.63. The Morgan fingerprint density at radius 2 is 1.49 bits per heavy atom. The Labute approximate surface area is 199 Å². The summed E-state index contributed by atoms with van der Waals surface area (Å²) < 4.78 is 29.0. The molecule has 3 aromatic rings. The summed E-state index contributed by atoms with van der Waals surface area (Å²) in [5, 5.41) is 0. The van der Waals surface area contributed by atoms with Crippen LogP contribution in [-0.2, 0) is 11.3 Å². The first-order chi connectivity index (χ1) is 16.8. The molecule has 0 N–H and O–H groups in total. The topological polar surface area (TPSA) is 99.2 Å². The zero-order valence-electron chi connectivity index (χ0n) is 18.9.